The Morgan fingerprint density at radius 3 is 2.88 bits per heavy atom. The Bertz CT molecular complexity index is 589. The minimum Gasteiger partial charge on any atom is -0.369 e. The highest BCUT2D eigenvalue weighted by molar-refractivity contribution is 14.1. The van der Waals surface area contributed by atoms with E-state index in [2.05, 4.69) is 54.7 Å². The van der Waals surface area contributed by atoms with E-state index in [0.717, 1.165) is 24.6 Å². The number of aromatic nitrogens is 2. The highest BCUT2D eigenvalue weighted by Gasteiger charge is 2.12. The van der Waals surface area contributed by atoms with Gasteiger partial charge in [-0.1, -0.05) is 0 Å². The molecule has 0 unspecified atom stereocenters. The number of rotatable bonds is 2. The first-order valence-corrected chi connectivity index (χ1v) is 6.88. The molecule has 0 atom stereocenters. The average Bonchev–Trinajstić information content (AvgIpc) is 2.61. The number of aliphatic imine (C=N–C) groups is 1. The van der Waals surface area contributed by atoms with Crippen LogP contribution in [0.3, 0.4) is 0 Å². The van der Waals surface area contributed by atoms with Crippen LogP contribution >= 0.6 is 38.5 Å². The van der Waals surface area contributed by atoms with Crippen molar-refractivity contribution in [1.29, 1.82) is 0 Å². The minimum atomic E-state index is 0.956. The molecule has 90 valence electrons. The minimum absolute atomic E-state index is 0.956. The average molecular weight is 407 g/mol. The smallest absolute Gasteiger partial charge is 0.104 e. The van der Waals surface area contributed by atoms with Crippen molar-refractivity contribution < 1.29 is 0 Å². The van der Waals surface area contributed by atoms with Crippen molar-refractivity contribution in [3.05, 3.63) is 20.3 Å². The number of benzene rings is 1. The number of aryl methyl sites for hydroxylation is 1. The van der Waals surface area contributed by atoms with Gasteiger partial charge in [0.2, 0.25) is 0 Å². The SMILES string of the molecule is CN(C)C=Nc1c(I)cc(Br)c2cnn(C)c12. The third-order valence-corrected chi connectivity index (χ3v) is 3.80. The van der Waals surface area contributed by atoms with Crippen LogP contribution in [0.15, 0.2) is 21.7 Å². The van der Waals surface area contributed by atoms with Crippen molar-refractivity contribution in [3.8, 4) is 0 Å². The van der Waals surface area contributed by atoms with Gasteiger partial charge in [-0.25, -0.2) is 4.99 Å². The van der Waals surface area contributed by atoms with Gasteiger partial charge < -0.3 is 4.90 Å². The maximum absolute atomic E-state index is 4.52. The van der Waals surface area contributed by atoms with Gasteiger partial charge in [0, 0.05) is 34.6 Å². The van der Waals surface area contributed by atoms with Gasteiger partial charge in [0.05, 0.1) is 18.1 Å². The van der Waals surface area contributed by atoms with Gasteiger partial charge in [0.15, 0.2) is 0 Å². The van der Waals surface area contributed by atoms with E-state index >= 15 is 0 Å². The van der Waals surface area contributed by atoms with Crippen LogP contribution in [-0.2, 0) is 7.05 Å². The normalized spacial score (nSPS) is 11.6. The molecule has 0 fully saturated rings. The van der Waals surface area contributed by atoms with E-state index in [9.17, 15) is 0 Å². The third kappa shape index (κ3) is 2.47. The molecule has 1 aromatic carbocycles. The number of hydrogen-bond donors (Lipinski definition) is 0. The summed E-state index contributed by atoms with van der Waals surface area (Å²) in [7, 11) is 5.84. The zero-order valence-corrected chi connectivity index (χ0v) is 13.5. The van der Waals surface area contributed by atoms with Crippen molar-refractivity contribution in [3.63, 3.8) is 0 Å². The second kappa shape index (κ2) is 4.93. The van der Waals surface area contributed by atoms with E-state index in [-0.39, 0.29) is 0 Å². The Balaban J connectivity index is 2.72. The summed E-state index contributed by atoms with van der Waals surface area (Å²) in [6.07, 6.45) is 3.65. The maximum atomic E-state index is 4.52. The molecule has 0 aliphatic heterocycles. The third-order valence-electron chi connectivity index (χ3n) is 2.32. The topological polar surface area (TPSA) is 33.4 Å². The van der Waals surface area contributed by atoms with Crippen LogP contribution in [0, 0.1) is 3.57 Å². The fraction of sp³-hybridized carbons (Fsp3) is 0.273. The van der Waals surface area contributed by atoms with E-state index in [0.29, 0.717) is 0 Å². The zero-order valence-electron chi connectivity index (χ0n) is 9.78. The molecule has 0 saturated carbocycles. The quantitative estimate of drug-likeness (QED) is 0.436. The number of fused-ring (bicyclic) bond motifs is 1. The lowest BCUT2D eigenvalue weighted by Gasteiger charge is -2.07. The number of halogens is 2. The summed E-state index contributed by atoms with van der Waals surface area (Å²) in [4.78, 5) is 6.44. The fourth-order valence-electron chi connectivity index (χ4n) is 1.56. The van der Waals surface area contributed by atoms with Crippen LogP contribution in [0.2, 0.25) is 0 Å². The first kappa shape index (κ1) is 12.8. The van der Waals surface area contributed by atoms with Gasteiger partial charge in [-0.05, 0) is 44.6 Å². The predicted octanol–water partition coefficient (Wildman–Crippen LogP) is 3.16. The van der Waals surface area contributed by atoms with Gasteiger partial charge in [0.25, 0.3) is 0 Å². The molecule has 0 spiro atoms. The number of hydrogen-bond acceptors (Lipinski definition) is 2. The van der Waals surface area contributed by atoms with E-state index in [1.54, 1.807) is 6.34 Å². The van der Waals surface area contributed by atoms with Gasteiger partial charge in [0.1, 0.15) is 5.69 Å². The van der Waals surface area contributed by atoms with Crippen molar-refractivity contribution >= 4 is 61.4 Å². The van der Waals surface area contributed by atoms with Crippen LogP contribution in [0.25, 0.3) is 10.9 Å². The van der Waals surface area contributed by atoms with E-state index in [1.165, 1.54) is 0 Å². The summed E-state index contributed by atoms with van der Waals surface area (Å²) in [5.74, 6) is 0. The highest BCUT2D eigenvalue weighted by Crippen LogP contribution is 2.35. The molecule has 0 N–H and O–H groups in total. The monoisotopic (exact) mass is 406 g/mol. The molecule has 4 nitrogen and oxygen atoms in total. The van der Waals surface area contributed by atoms with Crippen molar-refractivity contribution in [2.75, 3.05) is 14.1 Å². The molecule has 0 bridgehead atoms. The number of nitrogens with zero attached hydrogens (tertiary/aromatic N) is 4. The lowest BCUT2D eigenvalue weighted by molar-refractivity contribution is 0.643. The van der Waals surface area contributed by atoms with Crippen LogP contribution in [-0.4, -0.2) is 35.1 Å². The molecule has 0 saturated heterocycles. The summed E-state index contributed by atoms with van der Waals surface area (Å²) in [6.45, 7) is 0. The van der Waals surface area contributed by atoms with E-state index in [1.807, 2.05) is 36.9 Å². The standard InChI is InChI=1S/C11H12BrIN4/c1-16(2)6-14-10-9(13)4-8(12)7-5-15-17(3)11(7)10/h4-6H,1-3H3. The lowest BCUT2D eigenvalue weighted by atomic mass is 10.2. The summed E-state index contributed by atoms with van der Waals surface area (Å²) in [5, 5.41) is 5.36. The maximum Gasteiger partial charge on any atom is 0.104 e. The van der Waals surface area contributed by atoms with Crippen molar-refractivity contribution in [1.82, 2.24) is 14.7 Å². The summed E-state index contributed by atoms with van der Waals surface area (Å²) < 4.78 is 4.00. The Morgan fingerprint density at radius 1 is 1.53 bits per heavy atom. The summed E-state index contributed by atoms with van der Waals surface area (Å²) in [5.41, 5.74) is 2.00. The molecule has 0 aliphatic rings. The van der Waals surface area contributed by atoms with Crippen molar-refractivity contribution in [2.45, 2.75) is 0 Å². The molecular formula is C11H12BrIN4. The molecule has 0 aliphatic carbocycles. The largest absolute Gasteiger partial charge is 0.369 e. The van der Waals surface area contributed by atoms with Crippen LogP contribution in [0.4, 0.5) is 5.69 Å². The molecule has 2 aromatic rings. The molecular weight excluding hydrogens is 395 g/mol. The Labute approximate surface area is 122 Å². The van der Waals surface area contributed by atoms with E-state index < -0.39 is 0 Å². The summed E-state index contributed by atoms with van der Waals surface area (Å²) >= 11 is 5.85. The molecule has 2 rings (SSSR count). The summed E-state index contributed by atoms with van der Waals surface area (Å²) in [6, 6.07) is 2.06. The lowest BCUT2D eigenvalue weighted by Crippen LogP contribution is -2.07. The van der Waals surface area contributed by atoms with Crippen LogP contribution < -0.4 is 0 Å². The second-order valence-electron chi connectivity index (χ2n) is 3.93. The van der Waals surface area contributed by atoms with E-state index in [4.69, 9.17) is 0 Å². The molecule has 6 heteroatoms. The van der Waals surface area contributed by atoms with Crippen LogP contribution in [0.5, 0.6) is 0 Å². The molecule has 17 heavy (non-hydrogen) atoms. The van der Waals surface area contributed by atoms with Crippen molar-refractivity contribution in [2.24, 2.45) is 12.0 Å². The Hall–Kier alpha value is -0.630. The van der Waals surface area contributed by atoms with Gasteiger partial charge in [-0.2, -0.15) is 5.10 Å². The zero-order chi connectivity index (χ0) is 12.6. The molecule has 0 amide bonds. The second-order valence-corrected chi connectivity index (χ2v) is 5.94. The van der Waals surface area contributed by atoms with Crippen LogP contribution in [0.1, 0.15) is 0 Å². The predicted molar refractivity (Wildman–Crippen MR) is 83.0 cm³/mol. The van der Waals surface area contributed by atoms with Gasteiger partial charge in [-0.15, -0.1) is 0 Å². The Morgan fingerprint density at radius 2 is 2.24 bits per heavy atom. The first-order valence-electron chi connectivity index (χ1n) is 5.01. The molecule has 1 aromatic heterocycles. The fourth-order valence-corrected chi connectivity index (χ4v) is 3.21. The Kier molecular flexibility index (Phi) is 3.72. The van der Waals surface area contributed by atoms with Gasteiger partial charge >= 0.3 is 0 Å². The first-order chi connectivity index (χ1) is 8.00. The molecule has 0 radical (unpaired) electrons. The highest BCUT2D eigenvalue weighted by atomic mass is 127. The van der Waals surface area contributed by atoms with Gasteiger partial charge in [-0.3, -0.25) is 4.68 Å². The molecule has 1 heterocycles.